The average molecular weight is 571 g/mol. The van der Waals surface area contributed by atoms with Crippen LogP contribution in [0.3, 0.4) is 0 Å². The first kappa shape index (κ1) is 33.4. The minimum atomic E-state index is -2.79. The minimum absolute atomic E-state index is 0.194. The van der Waals surface area contributed by atoms with Gasteiger partial charge in [-0.05, 0) is 76.2 Å². The average Bonchev–Trinajstić information content (AvgIpc) is 2.82. The second-order valence-electron chi connectivity index (χ2n) is 13.4. The van der Waals surface area contributed by atoms with Crippen molar-refractivity contribution in [1.82, 2.24) is 10.2 Å². The summed E-state index contributed by atoms with van der Waals surface area (Å²) in [5.74, 6) is 0. The van der Waals surface area contributed by atoms with Crippen LogP contribution in [0.5, 0.6) is 0 Å². The number of nitrogens with zero attached hydrogens (tertiary/aromatic N) is 1. The molecule has 40 heavy (non-hydrogen) atoms. The second kappa shape index (κ2) is 13.7. The monoisotopic (exact) mass is 570 g/mol. The number of hydrogen-bond donors (Lipinski definition) is 2. The van der Waals surface area contributed by atoms with Gasteiger partial charge < -0.3 is 24.5 Å². The van der Waals surface area contributed by atoms with Crippen LogP contribution in [-0.4, -0.2) is 60.8 Å². The van der Waals surface area contributed by atoms with E-state index >= 15 is 0 Å². The number of carboxylic acid groups (broad SMARTS) is 1. The lowest BCUT2D eigenvalue weighted by Gasteiger charge is -2.43. The number of carbonyl (C=O) groups excluding carboxylic acids is 1. The molecule has 0 unspecified atom stereocenters. The SMILES string of the molecule is CC(C)(C)OC(=O)N[C@@H](CCCCN(C(=O)O)C(C)(C)C)CO[Si](c1ccccc1)(c1ccccc1)C(C)(C)C. The molecule has 2 N–H and O–H groups in total. The third-order valence-electron chi connectivity index (χ3n) is 6.86. The topological polar surface area (TPSA) is 88.1 Å². The van der Waals surface area contributed by atoms with Gasteiger partial charge in [-0.2, -0.15) is 0 Å². The van der Waals surface area contributed by atoms with Gasteiger partial charge in [0.1, 0.15) is 5.60 Å². The van der Waals surface area contributed by atoms with Crippen molar-refractivity contribution in [2.75, 3.05) is 13.2 Å². The molecule has 0 saturated carbocycles. The molecule has 0 fully saturated rings. The number of unbranched alkanes of at least 4 members (excludes halogenated alkanes) is 1. The minimum Gasteiger partial charge on any atom is -0.465 e. The Bertz CT molecular complexity index is 1030. The van der Waals surface area contributed by atoms with Crippen LogP contribution in [0.2, 0.25) is 5.04 Å². The number of nitrogens with one attached hydrogen (secondary N) is 1. The highest BCUT2D eigenvalue weighted by Gasteiger charge is 2.50. The van der Waals surface area contributed by atoms with E-state index in [1.165, 1.54) is 15.3 Å². The van der Waals surface area contributed by atoms with E-state index in [0.717, 1.165) is 6.42 Å². The van der Waals surface area contributed by atoms with Gasteiger partial charge in [0.05, 0.1) is 12.6 Å². The van der Waals surface area contributed by atoms with Crippen LogP contribution in [0, 0.1) is 0 Å². The van der Waals surface area contributed by atoms with Gasteiger partial charge in [0, 0.05) is 12.1 Å². The van der Waals surface area contributed by atoms with E-state index < -0.39 is 31.6 Å². The number of hydrogen-bond acceptors (Lipinski definition) is 4. The lowest BCUT2D eigenvalue weighted by Crippen LogP contribution is -2.67. The summed E-state index contributed by atoms with van der Waals surface area (Å²) in [6.45, 7) is 18.6. The van der Waals surface area contributed by atoms with Crippen molar-refractivity contribution in [3.8, 4) is 0 Å². The summed E-state index contributed by atoms with van der Waals surface area (Å²) >= 11 is 0. The van der Waals surface area contributed by atoms with Crippen LogP contribution in [-0.2, 0) is 9.16 Å². The van der Waals surface area contributed by atoms with Crippen LogP contribution >= 0.6 is 0 Å². The summed E-state index contributed by atoms with van der Waals surface area (Å²) in [6.07, 6.45) is 0.630. The van der Waals surface area contributed by atoms with Crippen LogP contribution in [0.1, 0.15) is 81.6 Å². The van der Waals surface area contributed by atoms with E-state index in [0.29, 0.717) is 26.0 Å². The Labute approximate surface area is 242 Å². The summed E-state index contributed by atoms with van der Waals surface area (Å²) in [6, 6.07) is 20.5. The standard InChI is InChI=1S/C32H50N2O5Si/c1-30(2,3)34(29(36)37)23-17-16-18-25(33-28(35)39-31(4,5)6)24-38-40(32(7,8)9,26-19-12-10-13-20-26)27-21-14-11-15-22-27/h10-15,19-22,25H,16-18,23-24H2,1-9H3,(H,33,35)(H,36,37)/t25-/m0/s1. The molecule has 0 radical (unpaired) electrons. The second-order valence-corrected chi connectivity index (χ2v) is 17.7. The Morgan fingerprint density at radius 2 is 1.35 bits per heavy atom. The molecule has 0 aliphatic heterocycles. The van der Waals surface area contributed by atoms with E-state index in [1.807, 2.05) is 53.7 Å². The maximum atomic E-state index is 12.8. The van der Waals surface area contributed by atoms with Crippen LogP contribution in [0.25, 0.3) is 0 Å². The van der Waals surface area contributed by atoms with Crippen molar-refractivity contribution < 1.29 is 23.9 Å². The van der Waals surface area contributed by atoms with Gasteiger partial charge in [-0.15, -0.1) is 0 Å². The van der Waals surface area contributed by atoms with E-state index in [-0.39, 0.29) is 11.1 Å². The van der Waals surface area contributed by atoms with Gasteiger partial charge in [-0.3, -0.25) is 0 Å². The highest BCUT2D eigenvalue weighted by atomic mass is 28.4. The number of alkyl carbamates (subject to hydrolysis) is 1. The fraction of sp³-hybridized carbons (Fsp3) is 0.562. The summed E-state index contributed by atoms with van der Waals surface area (Å²) in [7, 11) is -2.79. The summed E-state index contributed by atoms with van der Waals surface area (Å²) in [5, 5.41) is 14.8. The lowest BCUT2D eigenvalue weighted by molar-refractivity contribution is 0.0481. The van der Waals surface area contributed by atoms with Gasteiger partial charge in [-0.25, -0.2) is 9.59 Å². The van der Waals surface area contributed by atoms with Crippen molar-refractivity contribution in [2.24, 2.45) is 0 Å². The molecule has 0 aliphatic rings. The molecule has 0 bridgehead atoms. The van der Waals surface area contributed by atoms with E-state index in [4.69, 9.17) is 9.16 Å². The number of carbonyl (C=O) groups is 2. The molecule has 7 nitrogen and oxygen atoms in total. The Morgan fingerprint density at radius 1 is 0.850 bits per heavy atom. The number of benzene rings is 2. The molecule has 2 amide bonds. The Morgan fingerprint density at radius 3 is 1.75 bits per heavy atom. The maximum absolute atomic E-state index is 12.8. The Hall–Kier alpha value is -2.84. The zero-order valence-electron chi connectivity index (χ0n) is 25.9. The van der Waals surface area contributed by atoms with Gasteiger partial charge in [0.25, 0.3) is 8.32 Å². The summed E-state index contributed by atoms with van der Waals surface area (Å²) in [5.41, 5.74) is -1.10. The zero-order chi connectivity index (χ0) is 30.2. The van der Waals surface area contributed by atoms with Crippen LogP contribution in [0.4, 0.5) is 9.59 Å². The highest BCUT2D eigenvalue weighted by molar-refractivity contribution is 6.99. The molecule has 0 aliphatic carbocycles. The van der Waals surface area contributed by atoms with Crippen LogP contribution < -0.4 is 15.7 Å². The molecule has 0 heterocycles. The van der Waals surface area contributed by atoms with Gasteiger partial charge in [-0.1, -0.05) is 81.4 Å². The van der Waals surface area contributed by atoms with Crippen molar-refractivity contribution in [2.45, 2.75) is 104 Å². The molecule has 0 saturated heterocycles. The molecule has 2 rings (SSSR count). The quantitative estimate of drug-likeness (QED) is 0.241. The Kier molecular flexibility index (Phi) is 11.4. The number of rotatable bonds is 11. The van der Waals surface area contributed by atoms with E-state index in [1.54, 1.807) is 0 Å². The molecule has 8 heteroatoms. The summed E-state index contributed by atoms with van der Waals surface area (Å²) in [4.78, 5) is 26.1. The molecule has 0 spiro atoms. The van der Waals surface area contributed by atoms with Gasteiger partial charge in [0.2, 0.25) is 0 Å². The van der Waals surface area contributed by atoms with Crippen molar-refractivity contribution in [1.29, 1.82) is 0 Å². The largest absolute Gasteiger partial charge is 0.465 e. The van der Waals surface area contributed by atoms with Gasteiger partial charge in [0.15, 0.2) is 0 Å². The molecule has 0 aromatic heterocycles. The number of amides is 2. The zero-order valence-corrected chi connectivity index (χ0v) is 26.9. The predicted octanol–water partition coefficient (Wildman–Crippen LogP) is 6.41. The first-order valence-corrected chi connectivity index (χ1v) is 16.1. The van der Waals surface area contributed by atoms with Crippen LogP contribution in [0.15, 0.2) is 60.7 Å². The van der Waals surface area contributed by atoms with Crippen molar-refractivity contribution in [3.63, 3.8) is 0 Å². The van der Waals surface area contributed by atoms with E-state index in [9.17, 15) is 14.7 Å². The molecule has 222 valence electrons. The summed E-state index contributed by atoms with van der Waals surface area (Å²) < 4.78 is 12.7. The lowest BCUT2D eigenvalue weighted by atomic mass is 10.1. The van der Waals surface area contributed by atoms with Crippen molar-refractivity contribution in [3.05, 3.63) is 60.7 Å². The fourth-order valence-corrected chi connectivity index (χ4v) is 9.64. The van der Waals surface area contributed by atoms with Crippen molar-refractivity contribution >= 4 is 30.9 Å². The fourth-order valence-electron chi connectivity index (χ4n) is 5.04. The smallest absolute Gasteiger partial charge is 0.407 e. The first-order chi connectivity index (χ1) is 18.5. The molecule has 1 atom stereocenters. The first-order valence-electron chi connectivity index (χ1n) is 14.2. The molecule has 2 aromatic carbocycles. The third-order valence-corrected chi connectivity index (χ3v) is 11.9. The van der Waals surface area contributed by atoms with Gasteiger partial charge >= 0.3 is 12.2 Å². The normalized spacial score (nSPS) is 13.4. The van der Waals surface area contributed by atoms with E-state index in [2.05, 4.69) is 74.6 Å². The molecular formula is C32H50N2O5Si. The maximum Gasteiger partial charge on any atom is 0.407 e. The molecule has 2 aromatic rings. The third kappa shape index (κ3) is 9.37. The predicted molar refractivity (Wildman–Crippen MR) is 165 cm³/mol. The Balaban J connectivity index is 2.34. The highest BCUT2D eigenvalue weighted by Crippen LogP contribution is 2.37. The number of ether oxygens (including phenoxy) is 1. The molecular weight excluding hydrogens is 520 g/mol.